The lowest BCUT2D eigenvalue weighted by Crippen LogP contribution is -2.76. The van der Waals surface area contributed by atoms with E-state index in [1.807, 2.05) is 51.1 Å². The van der Waals surface area contributed by atoms with Crippen LogP contribution in [0.25, 0.3) is 10.8 Å². The van der Waals surface area contributed by atoms with Crippen LogP contribution in [0.4, 0.5) is 0 Å². The summed E-state index contributed by atoms with van der Waals surface area (Å²) in [6.45, 7) is 6.05. The molecule has 2 aromatic rings. The SMILES string of the molecule is CCOC1CC(NC(=O)c2ccc3ccccc3c2)(C(=O)O)C1(C)C. The molecule has 5 nitrogen and oxygen atoms in total. The number of carboxylic acid groups (broad SMARTS) is 1. The molecule has 5 heteroatoms. The molecule has 0 aliphatic heterocycles. The highest BCUT2D eigenvalue weighted by Gasteiger charge is 2.66. The number of fused-ring (bicyclic) bond motifs is 1. The Morgan fingerprint density at radius 3 is 2.48 bits per heavy atom. The van der Waals surface area contributed by atoms with Crippen LogP contribution in [0.15, 0.2) is 42.5 Å². The van der Waals surface area contributed by atoms with E-state index in [-0.39, 0.29) is 18.4 Å². The van der Waals surface area contributed by atoms with Gasteiger partial charge in [-0.3, -0.25) is 4.79 Å². The Hall–Kier alpha value is -2.40. The summed E-state index contributed by atoms with van der Waals surface area (Å²) < 4.78 is 5.63. The number of hydrogen-bond donors (Lipinski definition) is 2. The Labute approximate surface area is 147 Å². The zero-order valence-corrected chi connectivity index (χ0v) is 14.7. The molecule has 0 spiro atoms. The van der Waals surface area contributed by atoms with Crippen LogP contribution in [0.2, 0.25) is 0 Å². The maximum absolute atomic E-state index is 12.7. The van der Waals surface area contributed by atoms with Gasteiger partial charge in [-0.2, -0.15) is 0 Å². The molecule has 1 amide bonds. The van der Waals surface area contributed by atoms with Crippen LogP contribution in [-0.2, 0) is 9.53 Å². The summed E-state index contributed by atoms with van der Waals surface area (Å²) in [6.07, 6.45) is 0.0770. The Morgan fingerprint density at radius 2 is 1.88 bits per heavy atom. The lowest BCUT2D eigenvalue weighted by atomic mass is 9.54. The molecule has 0 heterocycles. The molecule has 0 aromatic heterocycles. The number of carboxylic acids is 1. The largest absolute Gasteiger partial charge is 0.479 e. The van der Waals surface area contributed by atoms with Gasteiger partial charge in [-0.05, 0) is 29.8 Å². The molecule has 2 aromatic carbocycles. The molecule has 2 unspecified atom stereocenters. The van der Waals surface area contributed by atoms with E-state index >= 15 is 0 Å². The zero-order valence-electron chi connectivity index (χ0n) is 14.7. The van der Waals surface area contributed by atoms with Crippen LogP contribution in [0, 0.1) is 5.41 Å². The van der Waals surface area contributed by atoms with Gasteiger partial charge in [0.1, 0.15) is 5.54 Å². The van der Waals surface area contributed by atoms with Crippen LogP contribution >= 0.6 is 0 Å². The monoisotopic (exact) mass is 341 g/mol. The second kappa shape index (κ2) is 6.15. The predicted molar refractivity (Wildman–Crippen MR) is 95.6 cm³/mol. The molecule has 0 bridgehead atoms. The summed E-state index contributed by atoms with van der Waals surface area (Å²) in [4.78, 5) is 24.7. The Morgan fingerprint density at radius 1 is 1.20 bits per heavy atom. The summed E-state index contributed by atoms with van der Waals surface area (Å²) in [5.41, 5.74) is -1.56. The van der Waals surface area contributed by atoms with Gasteiger partial charge in [-0.15, -0.1) is 0 Å². The standard InChI is InChI=1S/C20H23NO4/c1-4-25-16-12-20(18(23)24,19(16,2)3)21-17(22)15-10-9-13-7-5-6-8-14(13)11-15/h5-11,16H,4,12H2,1-3H3,(H,21,22)(H,23,24). The first-order chi connectivity index (χ1) is 11.8. The Bertz CT molecular complexity index is 829. The number of nitrogens with one attached hydrogen (secondary N) is 1. The van der Waals surface area contributed by atoms with E-state index in [2.05, 4.69) is 5.32 Å². The van der Waals surface area contributed by atoms with Gasteiger partial charge in [0.15, 0.2) is 0 Å². The van der Waals surface area contributed by atoms with Gasteiger partial charge in [-0.1, -0.05) is 44.2 Å². The van der Waals surface area contributed by atoms with Crippen LogP contribution < -0.4 is 5.32 Å². The van der Waals surface area contributed by atoms with E-state index in [1.54, 1.807) is 12.1 Å². The van der Waals surface area contributed by atoms with E-state index in [9.17, 15) is 14.7 Å². The van der Waals surface area contributed by atoms with Gasteiger partial charge >= 0.3 is 5.97 Å². The van der Waals surface area contributed by atoms with Crippen molar-refractivity contribution in [3.8, 4) is 0 Å². The number of hydrogen-bond acceptors (Lipinski definition) is 3. The van der Waals surface area contributed by atoms with E-state index in [0.717, 1.165) is 10.8 Å². The lowest BCUT2D eigenvalue weighted by molar-refractivity contribution is -0.190. The Balaban J connectivity index is 1.87. The van der Waals surface area contributed by atoms with Gasteiger partial charge in [0.2, 0.25) is 0 Å². The maximum Gasteiger partial charge on any atom is 0.330 e. The first kappa shape index (κ1) is 17.4. The molecule has 0 radical (unpaired) electrons. The van der Waals surface area contributed by atoms with Crippen molar-refractivity contribution < 1.29 is 19.4 Å². The fourth-order valence-corrected chi connectivity index (χ4v) is 3.63. The second-order valence-corrected chi connectivity index (χ2v) is 7.10. The molecular weight excluding hydrogens is 318 g/mol. The van der Waals surface area contributed by atoms with E-state index in [0.29, 0.717) is 12.2 Å². The van der Waals surface area contributed by atoms with E-state index in [1.165, 1.54) is 0 Å². The van der Waals surface area contributed by atoms with E-state index < -0.39 is 16.9 Å². The molecule has 132 valence electrons. The minimum absolute atomic E-state index is 0.189. The van der Waals surface area contributed by atoms with Crippen LogP contribution in [-0.4, -0.2) is 35.2 Å². The highest BCUT2D eigenvalue weighted by atomic mass is 16.5. The van der Waals surface area contributed by atoms with Crippen molar-refractivity contribution in [2.45, 2.75) is 38.8 Å². The quantitative estimate of drug-likeness (QED) is 0.875. The molecule has 25 heavy (non-hydrogen) atoms. The Kier molecular flexibility index (Phi) is 4.29. The second-order valence-electron chi connectivity index (χ2n) is 7.10. The fraction of sp³-hybridized carbons (Fsp3) is 0.400. The minimum Gasteiger partial charge on any atom is -0.479 e. The van der Waals surface area contributed by atoms with Crippen molar-refractivity contribution in [3.63, 3.8) is 0 Å². The van der Waals surface area contributed by atoms with Gasteiger partial charge in [-0.25, -0.2) is 4.79 Å². The normalized spacial score (nSPS) is 24.5. The van der Waals surface area contributed by atoms with Crippen molar-refractivity contribution in [2.24, 2.45) is 5.41 Å². The van der Waals surface area contributed by atoms with Crippen LogP contribution in [0.3, 0.4) is 0 Å². The third kappa shape index (κ3) is 2.68. The number of aliphatic carboxylic acids is 1. The van der Waals surface area contributed by atoms with Crippen molar-refractivity contribution in [2.75, 3.05) is 6.61 Å². The molecular formula is C20H23NO4. The first-order valence-corrected chi connectivity index (χ1v) is 8.48. The summed E-state index contributed by atoms with van der Waals surface area (Å²) in [5.74, 6) is -1.40. The number of carbonyl (C=O) groups excluding carboxylic acids is 1. The number of carbonyl (C=O) groups is 2. The van der Waals surface area contributed by atoms with Crippen molar-refractivity contribution in [3.05, 3.63) is 48.0 Å². The third-order valence-corrected chi connectivity index (χ3v) is 5.47. The summed E-state index contributed by atoms with van der Waals surface area (Å²) in [6, 6.07) is 13.1. The highest BCUT2D eigenvalue weighted by molar-refractivity contribution is 6.01. The van der Waals surface area contributed by atoms with Gasteiger partial charge in [0.25, 0.3) is 5.91 Å². The maximum atomic E-state index is 12.7. The summed E-state index contributed by atoms with van der Waals surface area (Å²) in [7, 11) is 0. The smallest absolute Gasteiger partial charge is 0.330 e. The number of ether oxygens (including phenoxy) is 1. The predicted octanol–water partition coefficient (Wildman–Crippen LogP) is 3.23. The van der Waals surface area contributed by atoms with Gasteiger partial charge < -0.3 is 15.2 Å². The molecule has 1 saturated carbocycles. The molecule has 3 rings (SSSR count). The third-order valence-electron chi connectivity index (χ3n) is 5.47. The van der Waals surface area contributed by atoms with Crippen molar-refractivity contribution >= 4 is 22.6 Å². The highest BCUT2D eigenvalue weighted by Crippen LogP contribution is 2.51. The zero-order chi connectivity index (χ0) is 18.2. The lowest BCUT2D eigenvalue weighted by Gasteiger charge is -2.58. The topological polar surface area (TPSA) is 75.6 Å². The van der Waals surface area contributed by atoms with E-state index in [4.69, 9.17) is 4.74 Å². The van der Waals surface area contributed by atoms with Crippen molar-refractivity contribution in [1.29, 1.82) is 0 Å². The summed E-state index contributed by atoms with van der Waals surface area (Å²) >= 11 is 0. The van der Waals surface area contributed by atoms with Crippen LogP contribution in [0.1, 0.15) is 37.6 Å². The summed E-state index contributed by atoms with van der Waals surface area (Å²) in [5, 5.41) is 14.6. The molecule has 1 fully saturated rings. The van der Waals surface area contributed by atoms with Crippen LogP contribution in [0.5, 0.6) is 0 Å². The average molecular weight is 341 g/mol. The van der Waals surface area contributed by atoms with Gasteiger partial charge in [0.05, 0.1) is 6.10 Å². The molecule has 2 N–H and O–H groups in total. The molecule has 0 saturated heterocycles. The molecule has 2 atom stereocenters. The minimum atomic E-state index is -1.32. The number of rotatable bonds is 5. The first-order valence-electron chi connectivity index (χ1n) is 8.48. The molecule has 1 aliphatic rings. The number of amides is 1. The van der Waals surface area contributed by atoms with Gasteiger partial charge in [0, 0.05) is 24.0 Å². The van der Waals surface area contributed by atoms with Crippen molar-refractivity contribution in [1.82, 2.24) is 5.32 Å². The fourth-order valence-electron chi connectivity index (χ4n) is 3.63. The number of benzene rings is 2. The molecule has 1 aliphatic carbocycles. The average Bonchev–Trinajstić information content (AvgIpc) is 2.59.